The average molecular weight is 306 g/mol. The number of carbonyl (C=O) groups excluding carboxylic acids is 1. The van der Waals surface area contributed by atoms with Crippen LogP contribution >= 0.6 is 11.3 Å². The summed E-state index contributed by atoms with van der Waals surface area (Å²) in [6.45, 7) is 3.02. The van der Waals surface area contributed by atoms with Gasteiger partial charge >= 0.3 is 12.1 Å². The van der Waals surface area contributed by atoms with Crippen molar-refractivity contribution in [2.24, 2.45) is 0 Å². The van der Waals surface area contributed by atoms with Crippen molar-refractivity contribution in [3.63, 3.8) is 0 Å². The molecule has 0 aliphatic heterocycles. The monoisotopic (exact) mass is 306 g/mol. The number of ether oxygens (including phenoxy) is 1. The number of carbonyl (C=O) groups is 1. The first-order chi connectivity index (χ1) is 9.34. The molecule has 0 atom stereocenters. The van der Waals surface area contributed by atoms with Crippen LogP contribution in [0.1, 0.15) is 28.9 Å². The number of esters is 1. The fourth-order valence-corrected chi connectivity index (χ4v) is 2.18. The van der Waals surface area contributed by atoms with Crippen LogP contribution in [-0.2, 0) is 10.9 Å². The Bertz CT molecular complexity index is 633. The van der Waals surface area contributed by atoms with Crippen LogP contribution in [-0.4, -0.2) is 22.5 Å². The number of thiazole rings is 1. The van der Waals surface area contributed by atoms with E-state index in [1.165, 1.54) is 12.4 Å². The normalized spacial score (nSPS) is 11.7. The van der Waals surface area contributed by atoms with Gasteiger partial charge in [0.15, 0.2) is 5.69 Å². The van der Waals surface area contributed by atoms with Crippen molar-refractivity contribution in [2.75, 3.05) is 6.61 Å². The molecule has 108 valence electrons. The zero-order chi connectivity index (χ0) is 14.9. The summed E-state index contributed by atoms with van der Waals surface area (Å²) in [4.78, 5) is 19.1. The fraction of sp³-hybridized carbons (Fsp3) is 0.364. The second kappa shape index (κ2) is 5.23. The highest BCUT2D eigenvalue weighted by Gasteiger charge is 2.42. The number of halogens is 3. The Labute approximate surface area is 115 Å². The Morgan fingerprint density at radius 3 is 2.70 bits per heavy atom. The maximum absolute atomic E-state index is 12.9. The van der Waals surface area contributed by atoms with Crippen molar-refractivity contribution in [3.8, 4) is 10.8 Å². The number of hydrogen-bond acceptors (Lipinski definition) is 6. The van der Waals surface area contributed by atoms with E-state index in [0.717, 1.165) is 11.3 Å². The first-order valence-electron chi connectivity index (χ1n) is 5.50. The van der Waals surface area contributed by atoms with Crippen LogP contribution in [0.4, 0.5) is 13.2 Å². The van der Waals surface area contributed by atoms with Gasteiger partial charge in [0.2, 0.25) is 11.7 Å². The lowest BCUT2D eigenvalue weighted by molar-refractivity contribution is -0.141. The van der Waals surface area contributed by atoms with Crippen LogP contribution in [0.3, 0.4) is 0 Å². The van der Waals surface area contributed by atoms with Gasteiger partial charge in [0.1, 0.15) is 4.88 Å². The predicted octanol–water partition coefficient (Wildman–Crippen LogP) is 3.30. The van der Waals surface area contributed by atoms with Gasteiger partial charge in [0.25, 0.3) is 0 Å². The molecule has 0 amide bonds. The number of oxazole rings is 1. The first kappa shape index (κ1) is 14.5. The standard InChI is InChI=1S/C11H9F3N2O3S/c1-3-18-10(17)6-8(11(12,13)14)16-9(19-6)7-5(2)15-4-20-7/h4H,3H2,1-2H3. The minimum absolute atomic E-state index is 0.0637. The van der Waals surface area contributed by atoms with Crippen molar-refractivity contribution < 1.29 is 27.1 Å². The molecule has 0 saturated heterocycles. The topological polar surface area (TPSA) is 65.2 Å². The molecule has 0 N–H and O–H groups in total. The van der Waals surface area contributed by atoms with Gasteiger partial charge in [-0.3, -0.25) is 0 Å². The molecule has 0 spiro atoms. The van der Waals surface area contributed by atoms with Gasteiger partial charge < -0.3 is 9.15 Å². The lowest BCUT2D eigenvalue weighted by atomic mass is 10.3. The highest BCUT2D eigenvalue weighted by molar-refractivity contribution is 7.13. The van der Waals surface area contributed by atoms with Gasteiger partial charge in [-0.1, -0.05) is 0 Å². The van der Waals surface area contributed by atoms with E-state index in [4.69, 9.17) is 4.42 Å². The molecule has 0 radical (unpaired) electrons. The van der Waals surface area contributed by atoms with Crippen LogP contribution < -0.4 is 0 Å². The summed E-state index contributed by atoms with van der Waals surface area (Å²) in [7, 11) is 0. The lowest BCUT2D eigenvalue weighted by Gasteiger charge is -2.03. The third-order valence-electron chi connectivity index (χ3n) is 2.30. The zero-order valence-electron chi connectivity index (χ0n) is 10.4. The number of alkyl halides is 3. The molecule has 2 aromatic rings. The van der Waals surface area contributed by atoms with Crippen LogP contribution in [0.5, 0.6) is 0 Å². The quantitative estimate of drug-likeness (QED) is 0.814. The van der Waals surface area contributed by atoms with E-state index in [2.05, 4.69) is 14.7 Å². The number of aromatic nitrogens is 2. The Balaban J connectivity index is 2.53. The van der Waals surface area contributed by atoms with Gasteiger partial charge in [-0.15, -0.1) is 11.3 Å². The Morgan fingerprint density at radius 1 is 1.50 bits per heavy atom. The molecule has 2 rings (SSSR count). The van der Waals surface area contributed by atoms with Crippen LogP contribution in [0.25, 0.3) is 10.8 Å². The molecule has 9 heteroatoms. The molecular formula is C11H9F3N2O3S. The molecule has 0 bridgehead atoms. The Morgan fingerprint density at radius 2 is 2.20 bits per heavy atom. The Hall–Kier alpha value is -1.90. The molecule has 0 aromatic carbocycles. The minimum atomic E-state index is -4.80. The highest BCUT2D eigenvalue weighted by atomic mass is 32.1. The second-order valence-corrected chi connectivity index (χ2v) is 4.54. The summed E-state index contributed by atoms with van der Waals surface area (Å²) >= 11 is 1.07. The van der Waals surface area contributed by atoms with Gasteiger partial charge in [0, 0.05) is 0 Å². The molecule has 2 aromatic heterocycles. The second-order valence-electron chi connectivity index (χ2n) is 3.68. The lowest BCUT2D eigenvalue weighted by Crippen LogP contribution is -2.14. The smallest absolute Gasteiger partial charge is 0.437 e. The molecule has 0 saturated carbocycles. The van der Waals surface area contributed by atoms with Crippen molar-refractivity contribution in [2.45, 2.75) is 20.0 Å². The van der Waals surface area contributed by atoms with Gasteiger partial charge in [-0.05, 0) is 13.8 Å². The maximum Gasteiger partial charge on any atom is 0.437 e. The minimum Gasteiger partial charge on any atom is -0.460 e. The summed E-state index contributed by atoms with van der Waals surface area (Å²) in [5.41, 5.74) is 0.533. The van der Waals surface area contributed by atoms with E-state index in [-0.39, 0.29) is 12.5 Å². The number of rotatable bonds is 3. The zero-order valence-corrected chi connectivity index (χ0v) is 11.3. The van der Waals surface area contributed by atoms with E-state index in [9.17, 15) is 18.0 Å². The summed E-state index contributed by atoms with van der Waals surface area (Å²) in [5.74, 6) is -2.43. The van der Waals surface area contributed by atoms with Crippen LogP contribution in [0.15, 0.2) is 9.93 Å². The number of hydrogen-bond donors (Lipinski definition) is 0. The van der Waals surface area contributed by atoms with E-state index >= 15 is 0 Å². The number of nitrogens with zero attached hydrogens (tertiary/aromatic N) is 2. The van der Waals surface area contributed by atoms with Gasteiger partial charge in [-0.25, -0.2) is 14.8 Å². The van der Waals surface area contributed by atoms with Crippen LogP contribution in [0.2, 0.25) is 0 Å². The predicted molar refractivity (Wildman–Crippen MR) is 63.3 cm³/mol. The molecule has 20 heavy (non-hydrogen) atoms. The van der Waals surface area contributed by atoms with Crippen LogP contribution in [0, 0.1) is 6.92 Å². The summed E-state index contributed by atoms with van der Waals surface area (Å²) in [5, 5.41) is 0. The molecule has 0 aliphatic carbocycles. The Kier molecular flexibility index (Phi) is 3.80. The van der Waals surface area contributed by atoms with E-state index in [1.807, 2.05) is 0 Å². The first-order valence-corrected chi connectivity index (χ1v) is 6.38. The third-order valence-corrected chi connectivity index (χ3v) is 3.21. The van der Waals surface area contributed by atoms with Crippen molar-refractivity contribution in [1.29, 1.82) is 0 Å². The van der Waals surface area contributed by atoms with Crippen molar-refractivity contribution in [3.05, 3.63) is 22.7 Å². The van der Waals surface area contributed by atoms with Crippen molar-refractivity contribution >= 4 is 17.3 Å². The number of aryl methyl sites for hydroxylation is 1. The summed E-state index contributed by atoms with van der Waals surface area (Å²) in [6.07, 6.45) is -4.80. The molecule has 0 unspecified atom stereocenters. The van der Waals surface area contributed by atoms with Crippen molar-refractivity contribution in [1.82, 2.24) is 9.97 Å². The summed E-state index contributed by atoms with van der Waals surface area (Å²) < 4.78 is 48.1. The molecule has 2 heterocycles. The molecular weight excluding hydrogens is 297 g/mol. The largest absolute Gasteiger partial charge is 0.460 e. The SMILES string of the molecule is CCOC(=O)c1oc(-c2scnc2C)nc1C(F)(F)F. The van der Waals surface area contributed by atoms with E-state index in [0.29, 0.717) is 10.6 Å². The summed E-state index contributed by atoms with van der Waals surface area (Å²) in [6, 6.07) is 0. The van der Waals surface area contributed by atoms with E-state index in [1.54, 1.807) is 6.92 Å². The average Bonchev–Trinajstić information content (AvgIpc) is 2.94. The highest BCUT2D eigenvalue weighted by Crippen LogP contribution is 2.36. The molecule has 0 fully saturated rings. The van der Waals surface area contributed by atoms with Gasteiger partial charge in [-0.2, -0.15) is 13.2 Å². The third kappa shape index (κ3) is 2.67. The maximum atomic E-state index is 12.9. The fourth-order valence-electron chi connectivity index (χ4n) is 1.45. The molecule has 5 nitrogen and oxygen atoms in total. The van der Waals surface area contributed by atoms with E-state index < -0.39 is 23.6 Å². The molecule has 0 aliphatic rings. The van der Waals surface area contributed by atoms with Gasteiger partial charge in [0.05, 0.1) is 17.8 Å².